The summed E-state index contributed by atoms with van der Waals surface area (Å²) in [4.78, 5) is 29.6. The van der Waals surface area contributed by atoms with Crippen molar-refractivity contribution in [2.24, 2.45) is 5.92 Å². The quantitative estimate of drug-likeness (QED) is 0.301. The van der Waals surface area contributed by atoms with Crippen molar-refractivity contribution >= 4 is 38.9 Å². The number of rotatable bonds is 8. The normalized spacial score (nSPS) is 23.0. The maximum Gasteiger partial charge on any atom is 0.471 e. The Hall–Kier alpha value is -2.91. The number of nitrogens with zero attached hydrogens (tertiary/aromatic N) is 3. The first kappa shape index (κ1) is 35.9. The second-order valence-corrected chi connectivity index (χ2v) is 14.5. The molecule has 2 aromatic rings. The van der Waals surface area contributed by atoms with Crippen molar-refractivity contribution in [2.45, 2.75) is 80.9 Å². The number of hydrogen-bond donors (Lipinski definition) is 0. The molecule has 1 saturated heterocycles. The minimum absolute atomic E-state index is 0.00543. The summed E-state index contributed by atoms with van der Waals surface area (Å²) in [5.41, 5.74) is -2.70. The molecular weight excluding hydrogens is 667 g/mol. The number of carbonyl (C=O) groups excluding carboxylic acids is 2. The van der Waals surface area contributed by atoms with Gasteiger partial charge in [-0.25, -0.2) is 12.8 Å². The number of alkyl halides is 6. The molecule has 1 aliphatic heterocycles. The molecular formula is C30H33ClF7N3O4S. The van der Waals surface area contributed by atoms with Gasteiger partial charge in [-0.2, -0.15) is 26.3 Å². The highest BCUT2D eigenvalue weighted by atomic mass is 35.5. The van der Waals surface area contributed by atoms with Gasteiger partial charge >= 0.3 is 18.3 Å². The Morgan fingerprint density at radius 1 is 1.02 bits per heavy atom. The molecule has 1 aliphatic carbocycles. The molecule has 4 atom stereocenters. The van der Waals surface area contributed by atoms with E-state index in [1.807, 2.05) is 20.9 Å². The molecule has 254 valence electrons. The van der Waals surface area contributed by atoms with Crippen LogP contribution >= 0.6 is 11.6 Å². The molecule has 46 heavy (non-hydrogen) atoms. The highest BCUT2D eigenvalue weighted by Gasteiger charge is 2.52. The molecule has 2 fully saturated rings. The van der Waals surface area contributed by atoms with E-state index >= 15 is 0 Å². The molecule has 2 aliphatic rings. The van der Waals surface area contributed by atoms with E-state index in [1.165, 1.54) is 29.2 Å². The lowest BCUT2D eigenvalue weighted by Crippen LogP contribution is -2.55. The molecule has 7 nitrogen and oxygen atoms in total. The monoisotopic (exact) mass is 699 g/mol. The minimum atomic E-state index is -5.60. The fourth-order valence-electron chi connectivity index (χ4n) is 6.33. The first-order valence-electron chi connectivity index (χ1n) is 14.5. The van der Waals surface area contributed by atoms with Crippen molar-refractivity contribution in [3.8, 4) is 0 Å². The first-order chi connectivity index (χ1) is 21.2. The van der Waals surface area contributed by atoms with Gasteiger partial charge in [0.15, 0.2) is 9.84 Å². The summed E-state index contributed by atoms with van der Waals surface area (Å²) in [6, 6.07) is 3.48. The number of hydrogen-bond acceptors (Lipinski definition) is 5. The Kier molecular flexibility index (Phi) is 10.4. The smallest absolute Gasteiger partial charge is 0.338 e. The fraction of sp³-hybridized carbons (Fsp3) is 0.533. The van der Waals surface area contributed by atoms with Crippen LogP contribution in [0.1, 0.15) is 45.1 Å². The summed E-state index contributed by atoms with van der Waals surface area (Å²) in [6.45, 7) is 3.73. The lowest BCUT2D eigenvalue weighted by molar-refractivity contribution is -0.171. The number of halogens is 8. The Bertz CT molecular complexity index is 1550. The Morgan fingerprint density at radius 3 is 2.22 bits per heavy atom. The van der Waals surface area contributed by atoms with E-state index < -0.39 is 81.2 Å². The van der Waals surface area contributed by atoms with E-state index in [2.05, 4.69) is 4.90 Å². The number of benzene rings is 2. The Labute approximate surface area is 267 Å². The maximum absolute atomic E-state index is 14.3. The lowest BCUT2D eigenvalue weighted by Gasteiger charge is -2.44. The summed E-state index contributed by atoms with van der Waals surface area (Å²) >= 11 is 5.92. The third-order valence-electron chi connectivity index (χ3n) is 8.78. The molecule has 1 heterocycles. The van der Waals surface area contributed by atoms with Crippen LogP contribution in [-0.2, 0) is 25.6 Å². The minimum Gasteiger partial charge on any atom is -0.338 e. The summed E-state index contributed by atoms with van der Waals surface area (Å²) in [5.74, 6) is -6.26. The van der Waals surface area contributed by atoms with E-state index in [0.717, 1.165) is 0 Å². The van der Waals surface area contributed by atoms with Crippen LogP contribution < -0.4 is 4.90 Å². The third-order valence-corrected chi connectivity index (χ3v) is 10.9. The van der Waals surface area contributed by atoms with Crippen LogP contribution in [0.15, 0.2) is 47.4 Å². The van der Waals surface area contributed by atoms with Gasteiger partial charge in [-0.05, 0) is 95.0 Å². The zero-order valence-corrected chi connectivity index (χ0v) is 26.6. The molecule has 0 radical (unpaired) electrons. The molecule has 2 amide bonds. The number of sulfone groups is 1. The van der Waals surface area contributed by atoms with Crippen molar-refractivity contribution in [2.75, 3.05) is 24.2 Å². The van der Waals surface area contributed by atoms with Crippen LogP contribution in [0.2, 0.25) is 5.02 Å². The van der Waals surface area contributed by atoms with Gasteiger partial charge in [0.25, 0.3) is 0 Å². The predicted octanol–water partition coefficient (Wildman–Crippen LogP) is 6.35. The van der Waals surface area contributed by atoms with Crippen LogP contribution in [0.5, 0.6) is 0 Å². The summed E-state index contributed by atoms with van der Waals surface area (Å²) in [5, 5.41) is 0.320. The van der Waals surface area contributed by atoms with Gasteiger partial charge in [-0.1, -0.05) is 11.6 Å². The molecule has 0 spiro atoms. The third kappa shape index (κ3) is 7.79. The molecule has 16 heteroatoms. The predicted molar refractivity (Wildman–Crippen MR) is 156 cm³/mol. The number of likely N-dealkylation sites (tertiary alicyclic amines) is 1. The van der Waals surface area contributed by atoms with Gasteiger partial charge in [0.05, 0.1) is 16.2 Å². The molecule has 4 rings (SSSR count). The molecule has 0 aromatic heterocycles. The van der Waals surface area contributed by atoms with E-state index in [-0.39, 0.29) is 47.0 Å². The summed E-state index contributed by atoms with van der Waals surface area (Å²) in [6.07, 6.45) is -10.0. The Morgan fingerprint density at radius 2 is 1.65 bits per heavy atom. The highest BCUT2D eigenvalue weighted by Crippen LogP contribution is 2.39. The largest absolute Gasteiger partial charge is 0.471 e. The van der Waals surface area contributed by atoms with Crippen molar-refractivity contribution in [1.29, 1.82) is 0 Å². The summed E-state index contributed by atoms with van der Waals surface area (Å²) in [7, 11) is -2.05. The van der Waals surface area contributed by atoms with Crippen LogP contribution in [0.4, 0.5) is 36.4 Å². The van der Waals surface area contributed by atoms with E-state index in [9.17, 15) is 48.7 Å². The van der Waals surface area contributed by atoms with Gasteiger partial charge in [-0.3, -0.25) is 14.5 Å². The second-order valence-electron chi connectivity index (χ2n) is 12.0. The fourth-order valence-corrected chi connectivity index (χ4v) is 8.12. The zero-order valence-electron chi connectivity index (χ0n) is 25.1. The average molecular weight is 700 g/mol. The summed E-state index contributed by atoms with van der Waals surface area (Å²) < 4.78 is 123. The molecule has 0 bridgehead atoms. The van der Waals surface area contributed by atoms with Gasteiger partial charge in [0.1, 0.15) is 11.9 Å². The van der Waals surface area contributed by atoms with E-state index in [1.54, 1.807) is 0 Å². The van der Waals surface area contributed by atoms with Crippen molar-refractivity contribution in [3.05, 3.63) is 58.9 Å². The van der Waals surface area contributed by atoms with Crippen LogP contribution in [-0.4, -0.2) is 79.7 Å². The number of anilines is 1. The van der Waals surface area contributed by atoms with Crippen molar-refractivity contribution < 1.29 is 48.7 Å². The second kappa shape index (κ2) is 13.3. The van der Waals surface area contributed by atoms with Gasteiger partial charge in [-0.15, -0.1) is 0 Å². The van der Waals surface area contributed by atoms with Crippen LogP contribution in [0.25, 0.3) is 0 Å². The SMILES string of the molecule is CC(C)N(C)[C@@H]1CC[C@H](N2CC[C@H](N(C(=O)C(F)(F)F)c3cc(F)cc(C(F)(F)F)c3)C2=O)[C@@H](CS(=O)(=O)c2ccc(Cl)cc2)C1. The van der Waals surface area contributed by atoms with Crippen molar-refractivity contribution in [1.82, 2.24) is 9.80 Å². The zero-order chi connectivity index (χ0) is 34.4. The number of amides is 2. The topological polar surface area (TPSA) is 78.0 Å². The molecule has 1 saturated carbocycles. The van der Waals surface area contributed by atoms with Crippen LogP contribution in [0.3, 0.4) is 0 Å². The average Bonchev–Trinajstić information content (AvgIpc) is 3.31. The molecule has 2 aromatic carbocycles. The molecule has 0 unspecified atom stereocenters. The van der Waals surface area contributed by atoms with E-state index in [4.69, 9.17) is 11.6 Å². The van der Waals surface area contributed by atoms with Crippen LogP contribution in [0, 0.1) is 11.7 Å². The first-order valence-corrected chi connectivity index (χ1v) is 16.5. The Balaban J connectivity index is 1.70. The maximum atomic E-state index is 14.3. The van der Waals surface area contributed by atoms with Gasteiger partial charge in [0.2, 0.25) is 5.91 Å². The standard InChI is InChI=1S/C30H33ClF7N3O4S/c1-17(2)39(3)22-6-9-25(18(12-22)16-46(44,45)24-7-4-20(31)5-8-24)40-11-10-26(27(40)42)41(28(43)30(36,37)38)23-14-19(29(33,34)35)13-21(32)15-23/h4-5,7-8,13-15,17-18,22,25-26H,6,9-12,16H2,1-3H3/t18-,22-,25+,26+/m1/s1. The van der Waals surface area contributed by atoms with E-state index in [0.29, 0.717) is 23.9 Å². The highest BCUT2D eigenvalue weighted by molar-refractivity contribution is 7.91. The van der Waals surface area contributed by atoms with Crippen molar-refractivity contribution in [3.63, 3.8) is 0 Å². The lowest BCUT2D eigenvalue weighted by atomic mass is 9.81. The van der Waals surface area contributed by atoms with Gasteiger partial charge in [0, 0.05) is 35.4 Å². The molecule has 0 N–H and O–H groups in total. The number of carbonyl (C=O) groups is 2. The van der Waals surface area contributed by atoms with Gasteiger partial charge < -0.3 is 9.80 Å².